The summed E-state index contributed by atoms with van der Waals surface area (Å²) in [4.78, 5) is 28.8. The van der Waals surface area contributed by atoms with Gasteiger partial charge in [0, 0.05) is 20.7 Å². The number of amides is 2. The van der Waals surface area contributed by atoms with Crippen molar-refractivity contribution in [3.63, 3.8) is 0 Å². The zero-order chi connectivity index (χ0) is 28.6. The second-order valence-electron chi connectivity index (χ2n) is 7.41. The number of halogens is 11. The van der Waals surface area contributed by atoms with E-state index in [9.17, 15) is 40.3 Å². The van der Waals surface area contributed by atoms with Crippen LogP contribution >= 0.6 is 43.5 Å². The second-order valence-corrected chi connectivity index (χ2v) is 9.51. The van der Waals surface area contributed by atoms with Gasteiger partial charge in [-0.1, -0.05) is 17.7 Å². The summed E-state index contributed by atoms with van der Waals surface area (Å²) in [5.74, 6) is -3.20. The summed E-state index contributed by atoms with van der Waals surface area (Å²) in [6.07, 6.45) is -11.6. The Labute approximate surface area is 229 Å². The Morgan fingerprint density at radius 3 is 1.92 bits per heavy atom. The summed E-state index contributed by atoms with van der Waals surface area (Å²) >= 11 is 11.1. The molecule has 202 valence electrons. The van der Waals surface area contributed by atoms with Crippen LogP contribution in [0.1, 0.15) is 26.3 Å². The Morgan fingerprint density at radius 1 is 0.842 bits per heavy atom. The number of rotatable bonds is 5. The fourth-order valence-electron chi connectivity index (χ4n) is 3.07. The van der Waals surface area contributed by atoms with E-state index >= 15 is 4.39 Å². The SMILES string of the molecule is O=C(Nc1cccc(C(=O)Nc2c(Br)cc(C(F)(C(F)(F)F)C(F)(F)F)cc2Br)c1F)c1ccc(Cl)nc1. The van der Waals surface area contributed by atoms with Gasteiger partial charge in [-0.05, 0) is 68.3 Å². The second kappa shape index (κ2) is 10.8. The number of nitrogens with one attached hydrogen (secondary N) is 2. The number of alkyl halides is 7. The highest BCUT2D eigenvalue weighted by Crippen LogP contribution is 2.54. The molecule has 0 saturated carbocycles. The highest BCUT2D eigenvalue weighted by Gasteiger charge is 2.73. The molecule has 0 unspecified atom stereocenters. The molecule has 2 aromatic carbocycles. The fourth-order valence-corrected chi connectivity index (χ4v) is 4.57. The van der Waals surface area contributed by atoms with Crippen molar-refractivity contribution >= 4 is 66.6 Å². The first-order chi connectivity index (χ1) is 17.5. The minimum atomic E-state index is -6.36. The van der Waals surface area contributed by atoms with Crippen LogP contribution in [0.25, 0.3) is 0 Å². The third kappa shape index (κ3) is 5.78. The molecule has 2 N–H and O–H groups in total. The van der Waals surface area contributed by atoms with Gasteiger partial charge >= 0.3 is 18.0 Å². The maximum atomic E-state index is 15.0. The minimum absolute atomic E-state index is 0.0123. The number of pyridine rings is 1. The van der Waals surface area contributed by atoms with Crippen molar-refractivity contribution in [2.45, 2.75) is 18.0 Å². The number of carbonyl (C=O) groups excluding carboxylic acids is 2. The van der Waals surface area contributed by atoms with Crippen LogP contribution in [-0.2, 0) is 5.67 Å². The van der Waals surface area contributed by atoms with E-state index in [1.54, 1.807) is 0 Å². The number of hydrogen-bond donors (Lipinski definition) is 2. The molecule has 0 bridgehead atoms. The largest absolute Gasteiger partial charge is 0.435 e. The van der Waals surface area contributed by atoms with E-state index in [4.69, 9.17) is 11.6 Å². The molecule has 3 rings (SSSR count). The van der Waals surface area contributed by atoms with Gasteiger partial charge in [0.15, 0.2) is 5.82 Å². The maximum absolute atomic E-state index is 15.0. The quantitative estimate of drug-likeness (QED) is 0.209. The summed E-state index contributed by atoms with van der Waals surface area (Å²) in [5, 5.41) is 4.45. The monoisotopic (exact) mass is 693 g/mol. The zero-order valence-electron chi connectivity index (χ0n) is 18.0. The highest BCUT2D eigenvalue weighted by atomic mass is 79.9. The molecule has 0 spiro atoms. The molecule has 5 nitrogen and oxygen atoms in total. The summed E-state index contributed by atoms with van der Waals surface area (Å²) in [6.45, 7) is 0. The normalized spacial score (nSPS) is 12.3. The lowest BCUT2D eigenvalue weighted by Gasteiger charge is -2.31. The van der Waals surface area contributed by atoms with Gasteiger partial charge in [0.25, 0.3) is 11.8 Å². The van der Waals surface area contributed by atoms with E-state index < -0.39 is 67.1 Å². The number of carbonyl (C=O) groups is 2. The molecule has 0 fully saturated rings. The van der Waals surface area contributed by atoms with E-state index in [-0.39, 0.29) is 22.8 Å². The summed E-state index contributed by atoms with van der Waals surface area (Å²) in [7, 11) is 0. The van der Waals surface area contributed by atoms with Crippen LogP contribution in [0.15, 0.2) is 57.6 Å². The third-order valence-corrected chi connectivity index (χ3v) is 6.42. The van der Waals surface area contributed by atoms with Crippen LogP contribution in [-0.4, -0.2) is 29.2 Å². The van der Waals surface area contributed by atoms with Crippen LogP contribution < -0.4 is 10.6 Å². The Bertz CT molecular complexity index is 1360. The fraction of sp³-hybridized carbons (Fsp3) is 0.136. The lowest BCUT2D eigenvalue weighted by molar-refractivity contribution is -0.348. The Morgan fingerprint density at radius 2 is 1.42 bits per heavy atom. The number of hydrogen-bond acceptors (Lipinski definition) is 3. The van der Waals surface area contributed by atoms with Crippen molar-refractivity contribution in [1.29, 1.82) is 0 Å². The van der Waals surface area contributed by atoms with Gasteiger partial charge in [-0.3, -0.25) is 9.59 Å². The van der Waals surface area contributed by atoms with Gasteiger partial charge in [-0.25, -0.2) is 13.8 Å². The predicted octanol–water partition coefficient (Wildman–Crippen LogP) is 8.19. The first-order valence-electron chi connectivity index (χ1n) is 9.82. The molecule has 0 aliphatic heterocycles. The van der Waals surface area contributed by atoms with Crippen molar-refractivity contribution < 1.29 is 44.7 Å². The van der Waals surface area contributed by atoms with Crippen molar-refractivity contribution in [3.05, 3.63) is 85.3 Å². The predicted molar refractivity (Wildman–Crippen MR) is 128 cm³/mol. The first-order valence-corrected chi connectivity index (χ1v) is 11.8. The average Bonchev–Trinajstić information content (AvgIpc) is 2.80. The Hall–Kier alpha value is -2.78. The molecular weight excluding hydrogens is 686 g/mol. The molecular formula is C22H10Br2ClF8N3O2. The van der Waals surface area contributed by atoms with Crippen LogP contribution in [0, 0.1) is 5.82 Å². The van der Waals surface area contributed by atoms with Gasteiger partial charge in [0.05, 0.1) is 22.5 Å². The maximum Gasteiger partial charge on any atom is 0.435 e. The molecule has 3 aromatic rings. The molecule has 0 radical (unpaired) electrons. The standard InChI is InChI=1S/C22H10Br2ClF8N3O2/c23-12-6-10(20(27,21(28,29)30)22(31,32)33)7-13(24)17(12)36-19(38)11-2-1-3-14(16(11)26)35-18(37)9-4-5-15(25)34-8-9/h1-8H,(H,35,37)(H,36,38). The summed E-state index contributed by atoms with van der Waals surface area (Å²) < 4.78 is 107. The van der Waals surface area contributed by atoms with E-state index in [0.717, 1.165) is 18.3 Å². The smallest absolute Gasteiger partial charge is 0.320 e. The Balaban J connectivity index is 1.91. The van der Waals surface area contributed by atoms with Gasteiger partial charge < -0.3 is 10.6 Å². The van der Waals surface area contributed by atoms with E-state index in [1.807, 2.05) is 0 Å². The van der Waals surface area contributed by atoms with E-state index in [0.29, 0.717) is 0 Å². The number of benzene rings is 2. The summed E-state index contributed by atoms with van der Waals surface area (Å²) in [5.41, 5.74) is -9.02. The third-order valence-electron chi connectivity index (χ3n) is 4.94. The topological polar surface area (TPSA) is 71.1 Å². The lowest BCUT2D eigenvalue weighted by Crippen LogP contribution is -2.50. The van der Waals surface area contributed by atoms with Crippen molar-refractivity contribution in [2.24, 2.45) is 0 Å². The number of aromatic nitrogens is 1. The van der Waals surface area contributed by atoms with Gasteiger partial charge in [0.1, 0.15) is 5.15 Å². The molecule has 38 heavy (non-hydrogen) atoms. The van der Waals surface area contributed by atoms with Crippen molar-refractivity contribution in [1.82, 2.24) is 4.98 Å². The van der Waals surface area contributed by atoms with E-state index in [1.165, 1.54) is 18.2 Å². The molecule has 0 saturated heterocycles. The molecule has 1 heterocycles. The van der Waals surface area contributed by atoms with Crippen LogP contribution in [0.5, 0.6) is 0 Å². The molecule has 0 atom stereocenters. The average molecular weight is 696 g/mol. The van der Waals surface area contributed by atoms with Crippen LogP contribution in [0.2, 0.25) is 5.15 Å². The van der Waals surface area contributed by atoms with Crippen LogP contribution in [0.3, 0.4) is 0 Å². The lowest BCUT2D eigenvalue weighted by atomic mass is 9.94. The van der Waals surface area contributed by atoms with Gasteiger partial charge in [-0.2, -0.15) is 26.3 Å². The van der Waals surface area contributed by atoms with Crippen LogP contribution in [0.4, 0.5) is 46.5 Å². The molecule has 2 amide bonds. The number of anilines is 2. The minimum Gasteiger partial charge on any atom is -0.320 e. The highest BCUT2D eigenvalue weighted by molar-refractivity contribution is 9.11. The van der Waals surface area contributed by atoms with E-state index in [2.05, 4.69) is 47.5 Å². The van der Waals surface area contributed by atoms with Gasteiger partial charge in [-0.15, -0.1) is 0 Å². The Kier molecular flexibility index (Phi) is 8.44. The summed E-state index contributed by atoms with van der Waals surface area (Å²) in [6, 6.07) is 6.33. The van der Waals surface area contributed by atoms with Gasteiger partial charge in [0.2, 0.25) is 0 Å². The van der Waals surface area contributed by atoms with Crippen molar-refractivity contribution in [2.75, 3.05) is 10.6 Å². The number of nitrogens with zero attached hydrogens (tertiary/aromatic N) is 1. The molecule has 16 heteroatoms. The molecule has 1 aromatic heterocycles. The first kappa shape index (κ1) is 29.8. The molecule has 0 aliphatic carbocycles. The van der Waals surface area contributed by atoms with Crippen molar-refractivity contribution in [3.8, 4) is 0 Å². The molecule has 0 aliphatic rings. The zero-order valence-corrected chi connectivity index (χ0v) is 22.0.